The monoisotopic (exact) mass is 200 g/mol. The van der Waals surface area contributed by atoms with E-state index in [4.69, 9.17) is 5.11 Å². The van der Waals surface area contributed by atoms with Crippen molar-refractivity contribution in [3.8, 4) is 0 Å². The molecule has 1 rings (SSSR count). The first kappa shape index (κ1) is 10.1. The van der Waals surface area contributed by atoms with Gasteiger partial charge in [-0.25, -0.2) is 0 Å². The number of carboxylic acid groups (broad SMARTS) is 1. The number of carboxylic acids is 1. The maximum absolute atomic E-state index is 10.5. The maximum Gasteiger partial charge on any atom is 0.320 e. The van der Waals surface area contributed by atoms with Gasteiger partial charge in [0.05, 0.1) is 5.51 Å². The van der Waals surface area contributed by atoms with Gasteiger partial charge in [0.25, 0.3) is 0 Å². The SMILES string of the molecule is CC(NC(C)c1cncs1)C(=O)O. The molecule has 0 saturated carbocycles. The third kappa shape index (κ3) is 2.78. The van der Waals surface area contributed by atoms with E-state index in [1.54, 1.807) is 18.6 Å². The second-order valence-electron chi connectivity index (χ2n) is 2.85. The van der Waals surface area contributed by atoms with E-state index in [1.165, 1.54) is 11.3 Å². The van der Waals surface area contributed by atoms with Gasteiger partial charge in [0.2, 0.25) is 0 Å². The molecular formula is C8H12N2O2S. The lowest BCUT2D eigenvalue weighted by Crippen LogP contribution is -2.35. The van der Waals surface area contributed by atoms with Crippen LogP contribution >= 0.6 is 11.3 Å². The van der Waals surface area contributed by atoms with Crippen LogP contribution in [0.25, 0.3) is 0 Å². The number of aliphatic carboxylic acids is 1. The quantitative estimate of drug-likeness (QED) is 0.768. The zero-order valence-corrected chi connectivity index (χ0v) is 8.34. The molecular weight excluding hydrogens is 188 g/mol. The van der Waals surface area contributed by atoms with Gasteiger partial charge in [-0.2, -0.15) is 0 Å². The fraction of sp³-hybridized carbons (Fsp3) is 0.500. The lowest BCUT2D eigenvalue weighted by molar-refractivity contribution is -0.139. The van der Waals surface area contributed by atoms with Gasteiger partial charge in [0.1, 0.15) is 6.04 Å². The minimum absolute atomic E-state index is 0.0404. The summed E-state index contributed by atoms with van der Waals surface area (Å²) in [7, 11) is 0. The van der Waals surface area contributed by atoms with E-state index in [0.29, 0.717) is 0 Å². The van der Waals surface area contributed by atoms with Crippen LogP contribution in [0.15, 0.2) is 11.7 Å². The Hall–Kier alpha value is -0.940. The molecule has 1 heterocycles. The van der Waals surface area contributed by atoms with Crippen LogP contribution in [-0.4, -0.2) is 22.1 Å². The summed E-state index contributed by atoms with van der Waals surface area (Å²) in [6.07, 6.45) is 1.75. The van der Waals surface area contributed by atoms with Crippen LogP contribution in [-0.2, 0) is 4.79 Å². The number of thiazole rings is 1. The van der Waals surface area contributed by atoms with Gasteiger partial charge in [0, 0.05) is 17.1 Å². The van der Waals surface area contributed by atoms with Crippen molar-refractivity contribution in [2.24, 2.45) is 0 Å². The predicted molar refractivity (Wildman–Crippen MR) is 50.8 cm³/mol. The average Bonchev–Trinajstić information content (AvgIpc) is 2.55. The second kappa shape index (κ2) is 4.34. The van der Waals surface area contributed by atoms with Gasteiger partial charge in [-0.05, 0) is 13.8 Å². The minimum atomic E-state index is -0.837. The first-order valence-corrected chi connectivity index (χ1v) is 4.86. The van der Waals surface area contributed by atoms with Gasteiger partial charge >= 0.3 is 5.97 Å². The van der Waals surface area contributed by atoms with Crippen LogP contribution in [0.5, 0.6) is 0 Å². The minimum Gasteiger partial charge on any atom is -0.480 e. The number of rotatable bonds is 4. The average molecular weight is 200 g/mol. The van der Waals surface area contributed by atoms with E-state index >= 15 is 0 Å². The Morgan fingerprint density at radius 1 is 1.69 bits per heavy atom. The molecule has 2 N–H and O–H groups in total. The van der Waals surface area contributed by atoms with Crippen LogP contribution in [0.1, 0.15) is 24.8 Å². The van der Waals surface area contributed by atoms with Crippen LogP contribution in [0.4, 0.5) is 0 Å². The van der Waals surface area contributed by atoms with E-state index in [9.17, 15) is 4.79 Å². The van der Waals surface area contributed by atoms with Crippen LogP contribution in [0.3, 0.4) is 0 Å². The molecule has 0 aliphatic carbocycles. The molecule has 1 aromatic rings. The molecule has 0 spiro atoms. The predicted octanol–water partition coefficient (Wildman–Crippen LogP) is 1.27. The van der Waals surface area contributed by atoms with Crippen molar-refractivity contribution in [3.63, 3.8) is 0 Å². The summed E-state index contributed by atoms with van der Waals surface area (Å²) in [6, 6.07) is -0.490. The highest BCUT2D eigenvalue weighted by atomic mass is 32.1. The number of aromatic nitrogens is 1. The van der Waals surface area contributed by atoms with Gasteiger partial charge < -0.3 is 5.11 Å². The van der Waals surface area contributed by atoms with Crippen molar-refractivity contribution in [3.05, 3.63) is 16.6 Å². The Morgan fingerprint density at radius 3 is 2.85 bits per heavy atom. The topological polar surface area (TPSA) is 62.2 Å². The van der Waals surface area contributed by atoms with E-state index in [1.807, 2.05) is 6.92 Å². The van der Waals surface area contributed by atoms with Crippen LogP contribution < -0.4 is 5.32 Å². The highest BCUT2D eigenvalue weighted by molar-refractivity contribution is 7.09. The van der Waals surface area contributed by atoms with Crippen molar-refractivity contribution in [2.45, 2.75) is 25.9 Å². The largest absolute Gasteiger partial charge is 0.480 e. The molecule has 4 nitrogen and oxygen atoms in total. The van der Waals surface area contributed by atoms with Gasteiger partial charge in [-0.3, -0.25) is 15.1 Å². The van der Waals surface area contributed by atoms with Gasteiger partial charge in [-0.1, -0.05) is 0 Å². The van der Waals surface area contributed by atoms with Crippen molar-refractivity contribution in [2.75, 3.05) is 0 Å². The maximum atomic E-state index is 10.5. The molecule has 1 aromatic heterocycles. The van der Waals surface area contributed by atoms with Crippen LogP contribution in [0.2, 0.25) is 0 Å². The van der Waals surface area contributed by atoms with E-state index in [-0.39, 0.29) is 6.04 Å². The standard InChI is InChI=1S/C8H12N2O2S/c1-5(7-3-9-4-13-7)10-6(2)8(11)12/h3-6,10H,1-2H3,(H,11,12). The summed E-state index contributed by atoms with van der Waals surface area (Å²) >= 11 is 1.52. The fourth-order valence-corrected chi connectivity index (χ4v) is 1.61. The molecule has 0 bridgehead atoms. The highest BCUT2D eigenvalue weighted by Gasteiger charge is 2.15. The van der Waals surface area contributed by atoms with Crippen molar-refractivity contribution >= 4 is 17.3 Å². The number of hydrogen-bond acceptors (Lipinski definition) is 4. The molecule has 0 fully saturated rings. The van der Waals surface area contributed by atoms with E-state index in [2.05, 4.69) is 10.3 Å². The molecule has 72 valence electrons. The Morgan fingerprint density at radius 2 is 2.38 bits per heavy atom. The summed E-state index contributed by atoms with van der Waals surface area (Å²) in [5.74, 6) is -0.837. The number of nitrogens with one attached hydrogen (secondary N) is 1. The molecule has 0 aliphatic rings. The summed E-state index contributed by atoms with van der Waals surface area (Å²) in [6.45, 7) is 3.55. The number of nitrogens with zero attached hydrogens (tertiary/aromatic N) is 1. The van der Waals surface area contributed by atoms with Crippen LogP contribution in [0, 0.1) is 0 Å². The third-order valence-corrected chi connectivity index (χ3v) is 2.71. The summed E-state index contributed by atoms with van der Waals surface area (Å²) in [5, 5.41) is 11.6. The molecule has 0 amide bonds. The molecule has 2 unspecified atom stereocenters. The van der Waals surface area contributed by atoms with Crippen molar-refractivity contribution in [1.29, 1.82) is 0 Å². The molecule has 2 atom stereocenters. The second-order valence-corrected chi connectivity index (χ2v) is 3.77. The Bertz CT molecular complexity index is 274. The Balaban J connectivity index is 2.51. The van der Waals surface area contributed by atoms with E-state index < -0.39 is 12.0 Å². The molecule has 13 heavy (non-hydrogen) atoms. The lowest BCUT2D eigenvalue weighted by Gasteiger charge is -2.14. The molecule has 0 aromatic carbocycles. The normalized spacial score (nSPS) is 15.2. The highest BCUT2D eigenvalue weighted by Crippen LogP contribution is 2.16. The van der Waals surface area contributed by atoms with E-state index in [0.717, 1.165) is 4.88 Å². The molecule has 5 heteroatoms. The van der Waals surface area contributed by atoms with Gasteiger partial charge in [-0.15, -0.1) is 11.3 Å². The first-order chi connectivity index (χ1) is 6.11. The van der Waals surface area contributed by atoms with Crippen molar-refractivity contribution in [1.82, 2.24) is 10.3 Å². The summed E-state index contributed by atoms with van der Waals surface area (Å²) in [5.41, 5.74) is 1.74. The Labute approximate surface area is 80.6 Å². The lowest BCUT2D eigenvalue weighted by atomic mass is 10.2. The van der Waals surface area contributed by atoms with Crippen molar-refractivity contribution < 1.29 is 9.90 Å². The summed E-state index contributed by atoms with van der Waals surface area (Å²) in [4.78, 5) is 15.5. The first-order valence-electron chi connectivity index (χ1n) is 3.98. The zero-order chi connectivity index (χ0) is 9.84. The molecule has 0 saturated heterocycles. The summed E-state index contributed by atoms with van der Waals surface area (Å²) < 4.78 is 0. The molecule has 0 radical (unpaired) electrons. The fourth-order valence-electron chi connectivity index (χ4n) is 0.968. The molecule has 0 aliphatic heterocycles. The van der Waals surface area contributed by atoms with Gasteiger partial charge in [0.15, 0.2) is 0 Å². The number of carbonyl (C=O) groups is 1. The zero-order valence-electron chi connectivity index (χ0n) is 7.52. The number of hydrogen-bond donors (Lipinski definition) is 2. The smallest absolute Gasteiger partial charge is 0.320 e. The third-order valence-electron chi connectivity index (χ3n) is 1.75. The Kier molecular flexibility index (Phi) is 3.39.